The molecule has 0 aliphatic heterocycles. The van der Waals surface area contributed by atoms with E-state index in [0.717, 1.165) is 0 Å². The van der Waals surface area contributed by atoms with Crippen LogP contribution in [0, 0.1) is 11.9 Å². The van der Waals surface area contributed by atoms with Gasteiger partial charge in [-0.15, -0.1) is 12.1 Å². The van der Waals surface area contributed by atoms with Crippen LogP contribution in [-0.4, -0.2) is 0 Å². The molecular formula is C6H4FLi. The number of rotatable bonds is 0. The van der Waals surface area contributed by atoms with E-state index < -0.39 is 0 Å². The Morgan fingerprint density at radius 3 is 2.50 bits per heavy atom. The summed E-state index contributed by atoms with van der Waals surface area (Å²) in [7, 11) is 0. The van der Waals surface area contributed by atoms with Crippen molar-refractivity contribution < 1.29 is 23.3 Å². The fraction of sp³-hybridized carbons (Fsp3) is 0. The molecule has 0 amide bonds. The van der Waals surface area contributed by atoms with E-state index in [1.165, 1.54) is 12.1 Å². The minimum atomic E-state index is -0.234. The second-order valence-electron chi connectivity index (χ2n) is 1.22. The van der Waals surface area contributed by atoms with Crippen LogP contribution in [0.15, 0.2) is 24.3 Å². The van der Waals surface area contributed by atoms with Crippen molar-refractivity contribution in [3.63, 3.8) is 0 Å². The molecule has 0 aliphatic rings. The Kier molecular flexibility index (Phi) is 3.60. The van der Waals surface area contributed by atoms with E-state index in [1.807, 2.05) is 0 Å². The maximum atomic E-state index is 11.9. The van der Waals surface area contributed by atoms with Gasteiger partial charge >= 0.3 is 18.9 Å². The van der Waals surface area contributed by atoms with Crippen LogP contribution in [0.5, 0.6) is 0 Å². The first-order valence-electron chi connectivity index (χ1n) is 2.01. The van der Waals surface area contributed by atoms with E-state index in [0.29, 0.717) is 0 Å². The van der Waals surface area contributed by atoms with Crippen LogP contribution in [0.3, 0.4) is 0 Å². The Morgan fingerprint density at radius 1 is 1.50 bits per heavy atom. The third kappa shape index (κ3) is 2.16. The van der Waals surface area contributed by atoms with Gasteiger partial charge in [-0.1, -0.05) is 0 Å². The van der Waals surface area contributed by atoms with E-state index >= 15 is 0 Å². The van der Waals surface area contributed by atoms with Crippen molar-refractivity contribution >= 4 is 0 Å². The van der Waals surface area contributed by atoms with Crippen molar-refractivity contribution in [3.05, 3.63) is 36.1 Å². The van der Waals surface area contributed by atoms with Crippen molar-refractivity contribution in [2.75, 3.05) is 0 Å². The van der Waals surface area contributed by atoms with Gasteiger partial charge in [0.25, 0.3) is 0 Å². The number of benzene rings is 1. The van der Waals surface area contributed by atoms with Gasteiger partial charge in [-0.2, -0.15) is 18.2 Å². The van der Waals surface area contributed by atoms with E-state index in [9.17, 15) is 4.39 Å². The van der Waals surface area contributed by atoms with Gasteiger partial charge in [-0.05, 0) is 0 Å². The summed E-state index contributed by atoms with van der Waals surface area (Å²) in [6, 6.07) is 8.53. The van der Waals surface area contributed by atoms with Crippen molar-refractivity contribution in [2.45, 2.75) is 0 Å². The molecule has 0 unspecified atom stereocenters. The summed E-state index contributed by atoms with van der Waals surface area (Å²) < 4.78 is 11.9. The summed E-state index contributed by atoms with van der Waals surface area (Å²) >= 11 is 0. The zero-order valence-corrected chi connectivity index (χ0v) is 4.69. The normalized spacial score (nSPS) is 7.62. The molecule has 0 fully saturated rings. The standard InChI is InChI=1S/C6H4F.Li/c7-6-4-2-1-3-5-6;/h1-2,4-5H;/q-1;+1. The van der Waals surface area contributed by atoms with Crippen molar-refractivity contribution in [3.8, 4) is 0 Å². The Bertz CT molecular complexity index is 138. The van der Waals surface area contributed by atoms with E-state index in [2.05, 4.69) is 6.07 Å². The van der Waals surface area contributed by atoms with E-state index in [1.54, 1.807) is 12.1 Å². The number of hydrogen-bond acceptors (Lipinski definition) is 0. The average molecular weight is 102 g/mol. The Morgan fingerprint density at radius 2 is 2.25 bits per heavy atom. The second kappa shape index (κ2) is 3.71. The first-order chi connectivity index (χ1) is 3.39. The van der Waals surface area contributed by atoms with Crippen LogP contribution in [0.2, 0.25) is 0 Å². The summed E-state index contributed by atoms with van der Waals surface area (Å²) in [5.74, 6) is -0.234. The van der Waals surface area contributed by atoms with Crippen molar-refractivity contribution in [1.82, 2.24) is 0 Å². The maximum Gasteiger partial charge on any atom is 1.00 e. The summed E-state index contributed by atoms with van der Waals surface area (Å²) in [6.45, 7) is 0. The molecule has 0 saturated carbocycles. The quantitative estimate of drug-likeness (QED) is 0.280. The van der Waals surface area contributed by atoms with Gasteiger partial charge in [0.15, 0.2) is 0 Å². The first kappa shape index (κ1) is 7.75. The van der Waals surface area contributed by atoms with Gasteiger partial charge in [0.2, 0.25) is 0 Å². The molecule has 1 aromatic rings. The van der Waals surface area contributed by atoms with Crippen molar-refractivity contribution in [1.29, 1.82) is 0 Å². The van der Waals surface area contributed by atoms with Gasteiger partial charge < -0.3 is 0 Å². The summed E-state index contributed by atoms with van der Waals surface area (Å²) in [5.41, 5.74) is 0. The molecule has 0 heterocycles. The molecule has 0 N–H and O–H groups in total. The molecular weight excluding hydrogens is 98.0 g/mol. The zero-order chi connectivity index (χ0) is 5.11. The molecule has 8 heavy (non-hydrogen) atoms. The zero-order valence-electron chi connectivity index (χ0n) is 4.69. The Balaban J connectivity index is 0.000000490. The molecule has 0 bridgehead atoms. The first-order valence-corrected chi connectivity index (χ1v) is 2.01. The molecule has 1 rings (SSSR count). The summed E-state index contributed by atoms with van der Waals surface area (Å²) in [6.07, 6.45) is 0. The number of halogens is 1. The van der Waals surface area contributed by atoms with Gasteiger partial charge in [-0.3, -0.25) is 4.39 Å². The maximum absolute atomic E-state index is 11.9. The molecule has 0 aliphatic carbocycles. The van der Waals surface area contributed by atoms with Crippen LogP contribution < -0.4 is 18.9 Å². The van der Waals surface area contributed by atoms with Crippen LogP contribution in [-0.2, 0) is 0 Å². The molecule has 0 saturated heterocycles. The fourth-order valence-corrected chi connectivity index (χ4v) is 0.371. The Hall–Kier alpha value is -0.253. The largest absolute Gasteiger partial charge is 1.00 e. The van der Waals surface area contributed by atoms with E-state index in [-0.39, 0.29) is 24.7 Å². The van der Waals surface area contributed by atoms with Crippen LogP contribution in [0.1, 0.15) is 0 Å². The monoisotopic (exact) mass is 102 g/mol. The van der Waals surface area contributed by atoms with Gasteiger partial charge in [-0.25, -0.2) is 0 Å². The summed E-state index contributed by atoms with van der Waals surface area (Å²) in [5, 5.41) is 0. The third-order valence-electron chi connectivity index (χ3n) is 0.669. The predicted molar refractivity (Wildman–Crippen MR) is 25.2 cm³/mol. The van der Waals surface area contributed by atoms with Crippen LogP contribution in [0.4, 0.5) is 4.39 Å². The average Bonchev–Trinajstić information content (AvgIpc) is 1.69. The molecule has 0 atom stereocenters. The molecule has 0 radical (unpaired) electrons. The minimum Gasteiger partial charge on any atom is -0.284 e. The van der Waals surface area contributed by atoms with Gasteiger partial charge in [0.1, 0.15) is 0 Å². The molecule has 0 nitrogen and oxygen atoms in total. The van der Waals surface area contributed by atoms with Crippen LogP contribution >= 0.6 is 0 Å². The van der Waals surface area contributed by atoms with Gasteiger partial charge in [0, 0.05) is 5.82 Å². The fourth-order valence-electron chi connectivity index (χ4n) is 0.371. The number of hydrogen-bond donors (Lipinski definition) is 0. The minimum absolute atomic E-state index is 0. The van der Waals surface area contributed by atoms with E-state index in [4.69, 9.17) is 0 Å². The van der Waals surface area contributed by atoms with Crippen LogP contribution in [0.25, 0.3) is 0 Å². The molecule has 36 valence electrons. The molecule has 0 spiro atoms. The third-order valence-corrected chi connectivity index (χ3v) is 0.669. The SMILES string of the molecule is Fc1c[c-]ccc1.[Li+]. The Labute approximate surface area is 59.9 Å². The smallest absolute Gasteiger partial charge is 0.284 e. The van der Waals surface area contributed by atoms with Crippen molar-refractivity contribution in [2.24, 2.45) is 0 Å². The molecule has 0 aromatic heterocycles. The predicted octanol–water partition coefficient (Wildman–Crippen LogP) is -1.37. The van der Waals surface area contributed by atoms with Gasteiger partial charge in [0.05, 0.1) is 0 Å². The molecule has 2 heteroatoms. The summed E-state index contributed by atoms with van der Waals surface area (Å²) in [4.78, 5) is 0. The molecule has 1 aromatic carbocycles. The second-order valence-corrected chi connectivity index (χ2v) is 1.22. The topological polar surface area (TPSA) is 0 Å².